The molecule has 2 nitrogen and oxygen atoms in total. The highest BCUT2D eigenvalue weighted by atomic mass is 15.2. The second-order valence-electron chi connectivity index (χ2n) is 7.15. The van der Waals surface area contributed by atoms with Gasteiger partial charge in [-0.05, 0) is 68.0 Å². The Kier molecular flexibility index (Phi) is 7.04. The van der Waals surface area contributed by atoms with Crippen LogP contribution < -0.4 is 4.90 Å². The minimum absolute atomic E-state index is 0.956. The number of para-hydroxylation sites is 1. The average molecular weight is 359 g/mol. The van der Waals surface area contributed by atoms with E-state index in [1.807, 2.05) is 13.0 Å². The number of rotatable bonds is 9. The zero-order valence-corrected chi connectivity index (χ0v) is 16.6. The van der Waals surface area contributed by atoms with Crippen molar-refractivity contribution in [3.05, 3.63) is 89.6 Å². The normalized spacial score (nSPS) is 10.7. The van der Waals surface area contributed by atoms with Gasteiger partial charge in [0.15, 0.2) is 0 Å². The highest BCUT2D eigenvalue weighted by Crippen LogP contribution is 2.24. The van der Waals surface area contributed by atoms with Crippen molar-refractivity contribution < 1.29 is 0 Å². The van der Waals surface area contributed by atoms with Crippen LogP contribution in [-0.2, 0) is 12.8 Å². The highest BCUT2D eigenvalue weighted by molar-refractivity contribution is 5.59. The van der Waals surface area contributed by atoms with E-state index in [0.29, 0.717) is 0 Å². The quantitative estimate of drug-likeness (QED) is 0.434. The van der Waals surface area contributed by atoms with Gasteiger partial charge < -0.3 is 4.90 Å². The zero-order valence-electron chi connectivity index (χ0n) is 16.6. The van der Waals surface area contributed by atoms with E-state index in [4.69, 9.17) is 4.98 Å². The summed E-state index contributed by atoms with van der Waals surface area (Å²) >= 11 is 0. The summed E-state index contributed by atoms with van der Waals surface area (Å²) in [7, 11) is 0. The molecule has 0 radical (unpaired) electrons. The number of benzene rings is 2. The van der Waals surface area contributed by atoms with Gasteiger partial charge >= 0.3 is 0 Å². The van der Waals surface area contributed by atoms with Crippen LogP contribution in [0.1, 0.15) is 43.0 Å². The third kappa shape index (κ3) is 5.68. The predicted octanol–water partition coefficient (Wildman–Crippen LogP) is 6.50. The maximum atomic E-state index is 4.74. The fourth-order valence-electron chi connectivity index (χ4n) is 3.36. The number of pyridine rings is 1. The third-order valence-corrected chi connectivity index (χ3v) is 4.91. The van der Waals surface area contributed by atoms with E-state index in [1.165, 1.54) is 36.1 Å². The van der Waals surface area contributed by atoms with E-state index in [2.05, 4.69) is 78.6 Å². The Balaban J connectivity index is 1.65. The van der Waals surface area contributed by atoms with Crippen LogP contribution in [0.15, 0.2) is 72.8 Å². The summed E-state index contributed by atoms with van der Waals surface area (Å²) in [6.07, 6.45) is 5.90. The second kappa shape index (κ2) is 9.91. The summed E-state index contributed by atoms with van der Waals surface area (Å²) in [5.74, 6) is 1.02. The first-order valence-electron chi connectivity index (χ1n) is 10.1. The SMILES string of the molecule is CCCCc1ccc(CCCN(c2ccccc2)c2cccc(C)n2)cc1. The lowest BCUT2D eigenvalue weighted by molar-refractivity contribution is 0.788. The van der Waals surface area contributed by atoms with Gasteiger partial charge in [0.25, 0.3) is 0 Å². The minimum atomic E-state index is 0.956. The molecular formula is C25H30N2. The number of unbranched alkanes of at least 4 members (excludes halogenated alkanes) is 1. The van der Waals surface area contributed by atoms with Gasteiger partial charge in [-0.15, -0.1) is 0 Å². The van der Waals surface area contributed by atoms with Gasteiger partial charge in [0.2, 0.25) is 0 Å². The molecule has 0 unspecified atom stereocenters. The lowest BCUT2D eigenvalue weighted by Crippen LogP contribution is -2.20. The molecule has 0 fully saturated rings. The molecule has 0 aliphatic carbocycles. The largest absolute Gasteiger partial charge is 0.326 e. The summed E-state index contributed by atoms with van der Waals surface area (Å²) in [4.78, 5) is 7.06. The van der Waals surface area contributed by atoms with Crippen molar-refractivity contribution in [2.75, 3.05) is 11.4 Å². The monoisotopic (exact) mass is 358 g/mol. The van der Waals surface area contributed by atoms with Crippen LogP contribution in [0.3, 0.4) is 0 Å². The van der Waals surface area contributed by atoms with Crippen molar-refractivity contribution in [1.82, 2.24) is 4.98 Å². The van der Waals surface area contributed by atoms with Gasteiger partial charge in [0.1, 0.15) is 5.82 Å². The molecule has 1 aromatic heterocycles. The first-order valence-corrected chi connectivity index (χ1v) is 10.1. The zero-order chi connectivity index (χ0) is 18.9. The number of hydrogen-bond donors (Lipinski definition) is 0. The summed E-state index contributed by atoms with van der Waals surface area (Å²) < 4.78 is 0. The molecule has 0 aliphatic heterocycles. The molecule has 2 aromatic carbocycles. The van der Waals surface area contributed by atoms with Crippen LogP contribution in [0.2, 0.25) is 0 Å². The van der Waals surface area contributed by atoms with Crippen LogP contribution in [0.5, 0.6) is 0 Å². The Morgan fingerprint density at radius 1 is 0.741 bits per heavy atom. The van der Waals surface area contributed by atoms with Gasteiger partial charge in [-0.2, -0.15) is 0 Å². The Morgan fingerprint density at radius 3 is 2.04 bits per heavy atom. The number of hydrogen-bond acceptors (Lipinski definition) is 2. The van der Waals surface area contributed by atoms with E-state index < -0.39 is 0 Å². The van der Waals surface area contributed by atoms with E-state index in [-0.39, 0.29) is 0 Å². The first-order chi connectivity index (χ1) is 13.3. The summed E-state index contributed by atoms with van der Waals surface area (Å²) in [5.41, 5.74) is 5.12. The Bertz CT molecular complexity index is 809. The molecule has 3 rings (SSSR count). The Morgan fingerprint density at radius 2 is 1.41 bits per heavy atom. The van der Waals surface area contributed by atoms with Crippen molar-refractivity contribution in [3.63, 3.8) is 0 Å². The van der Waals surface area contributed by atoms with Crippen molar-refractivity contribution in [3.8, 4) is 0 Å². The highest BCUT2D eigenvalue weighted by Gasteiger charge is 2.10. The van der Waals surface area contributed by atoms with Crippen molar-refractivity contribution in [2.24, 2.45) is 0 Å². The first kappa shape index (κ1) is 19.2. The molecular weight excluding hydrogens is 328 g/mol. The summed E-state index contributed by atoms with van der Waals surface area (Å²) in [6, 6.07) is 26.0. The molecule has 0 spiro atoms. The molecule has 0 N–H and O–H groups in total. The maximum absolute atomic E-state index is 4.74. The van der Waals surface area contributed by atoms with Gasteiger partial charge in [-0.3, -0.25) is 0 Å². The van der Waals surface area contributed by atoms with E-state index >= 15 is 0 Å². The summed E-state index contributed by atoms with van der Waals surface area (Å²) in [6.45, 7) is 5.25. The fraction of sp³-hybridized carbons (Fsp3) is 0.320. The van der Waals surface area contributed by atoms with Gasteiger partial charge in [0, 0.05) is 17.9 Å². The molecule has 0 atom stereocenters. The predicted molar refractivity (Wildman–Crippen MR) is 116 cm³/mol. The molecule has 0 bridgehead atoms. The molecule has 1 heterocycles. The maximum Gasteiger partial charge on any atom is 0.133 e. The van der Waals surface area contributed by atoms with E-state index in [1.54, 1.807) is 0 Å². The molecule has 3 aromatic rings. The minimum Gasteiger partial charge on any atom is -0.326 e. The number of aromatic nitrogens is 1. The van der Waals surface area contributed by atoms with E-state index in [9.17, 15) is 0 Å². The fourth-order valence-corrected chi connectivity index (χ4v) is 3.36. The van der Waals surface area contributed by atoms with Crippen molar-refractivity contribution >= 4 is 11.5 Å². The molecule has 2 heteroatoms. The average Bonchev–Trinajstić information content (AvgIpc) is 2.71. The molecule has 0 saturated carbocycles. The van der Waals surface area contributed by atoms with Crippen LogP contribution in [0.4, 0.5) is 11.5 Å². The standard InChI is InChI=1S/C25H30N2/c1-3-4-11-22-16-18-23(19-17-22)12-9-20-27(24-13-6-5-7-14-24)25-15-8-10-21(2)26-25/h5-8,10,13-19H,3-4,9,11-12,20H2,1-2H3. The number of nitrogens with zero attached hydrogens (tertiary/aromatic N) is 2. The number of aryl methyl sites for hydroxylation is 3. The van der Waals surface area contributed by atoms with Crippen LogP contribution in [-0.4, -0.2) is 11.5 Å². The smallest absolute Gasteiger partial charge is 0.133 e. The molecule has 0 saturated heterocycles. The molecule has 0 aliphatic rings. The van der Waals surface area contributed by atoms with Gasteiger partial charge in [-0.1, -0.05) is 61.9 Å². The lowest BCUT2D eigenvalue weighted by Gasteiger charge is -2.24. The van der Waals surface area contributed by atoms with Crippen LogP contribution >= 0.6 is 0 Å². The van der Waals surface area contributed by atoms with Crippen LogP contribution in [0.25, 0.3) is 0 Å². The Hall–Kier alpha value is -2.61. The van der Waals surface area contributed by atoms with E-state index in [0.717, 1.165) is 30.9 Å². The number of anilines is 2. The topological polar surface area (TPSA) is 16.1 Å². The second-order valence-corrected chi connectivity index (χ2v) is 7.15. The summed E-state index contributed by atoms with van der Waals surface area (Å²) in [5, 5.41) is 0. The molecule has 140 valence electrons. The van der Waals surface area contributed by atoms with Crippen molar-refractivity contribution in [2.45, 2.75) is 46.0 Å². The Labute approximate surface area is 163 Å². The van der Waals surface area contributed by atoms with Gasteiger partial charge in [-0.25, -0.2) is 4.98 Å². The molecule has 0 amide bonds. The lowest BCUT2D eigenvalue weighted by atomic mass is 10.0. The third-order valence-electron chi connectivity index (χ3n) is 4.91. The van der Waals surface area contributed by atoms with Gasteiger partial charge in [0.05, 0.1) is 0 Å². The van der Waals surface area contributed by atoms with Crippen molar-refractivity contribution in [1.29, 1.82) is 0 Å². The molecule has 27 heavy (non-hydrogen) atoms. The van der Waals surface area contributed by atoms with Crippen LogP contribution in [0, 0.1) is 6.92 Å².